The highest BCUT2D eigenvalue weighted by atomic mass is 16.3. The number of phenolic OH excluding ortho intramolecular Hbond substituents is 1. The number of hydrogen-bond acceptors (Lipinski definition) is 3. The van der Waals surface area contributed by atoms with Crippen LogP contribution < -0.4 is 0 Å². The molecule has 0 fully saturated rings. The van der Waals surface area contributed by atoms with Gasteiger partial charge in [-0.3, -0.25) is 9.36 Å². The first-order chi connectivity index (χ1) is 6.79. The molecule has 4 heteroatoms. The highest BCUT2D eigenvalue weighted by Gasteiger charge is 2.10. The monoisotopic (exact) mass is 188 g/mol. The number of carbonyl (C=O) groups excluding carboxylic acids is 1. The molecule has 0 unspecified atom stereocenters. The minimum Gasteiger partial charge on any atom is -0.507 e. The molecule has 70 valence electrons. The molecule has 0 aliphatic rings. The van der Waals surface area contributed by atoms with Gasteiger partial charge in [-0.2, -0.15) is 0 Å². The van der Waals surface area contributed by atoms with E-state index in [4.69, 9.17) is 0 Å². The Morgan fingerprint density at radius 1 is 1.36 bits per heavy atom. The van der Waals surface area contributed by atoms with Gasteiger partial charge in [0.25, 0.3) is 5.91 Å². The topological polar surface area (TPSA) is 55.1 Å². The third kappa shape index (κ3) is 1.37. The Balaban J connectivity index is 2.42. The number of aromatic nitrogens is 2. The fourth-order valence-electron chi connectivity index (χ4n) is 1.17. The first kappa shape index (κ1) is 8.50. The predicted molar refractivity (Wildman–Crippen MR) is 50.1 cm³/mol. The van der Waals surface area contributed by atoms with E-state index in [1.54, 1.807) is 18.2 Å². The summed E-state index contributed by atoms with van der Waals surface area (Å²) in [6.45, 7) is 0. The van der Waals surface area contributed by atoms with Crippen LogP contribution in [0.3, 0.4) is 0 Å². The van der Waals surface area contributed by atoms with Crippen LogP contribution in [0.4, 0.5) is 0 Å². The summed E-state index contributed by atoms with van der Waals surface area (Å²) in [7, 11) is 0. The average molecular weight is 188 g/mol. The summed E-state index contributed by atoms with van der Waals surface area (Å²) in [4.78, 5) is 15.5. The van der Waals surface area contributed by atoms with Gasteiger partial charge in [0, 0.05) is 12.4 Å². The maximum absolute atomic E-state index is 11.7. The predicted octanol–water partition coefficient (Wildman–Crippen LogP) is 1.28. The Morgan fingerprint density at radius 3 is 2.79 bits per heavy atom. The van der Waals surface area contributed by atoms with E-state index in [2.05, 4.69) is 4.98 Å². The first-order valence-electron chi connectivity index (χ1n) is 4.09. The van der Waals surface area contributed by atoms with Crippen molar-refractivity contribution in [2.45, 2.75) is 0 Å². The molecule has 1 aromatic heterocycles. The van der Waals surface area contributed by atoms with Crippen molar-refractivity contribution in [3.8, 4) is 5.75 Å². The highest BCUT2D eigenvalue weighted by molar-refractivity contribution is 5.98. The molecule has 14 heavy (non-hydrogen) atoms. The van der Waals surface area contributed by atoms with Crippen molar-refractivity contribution >= 4 is 5.91 Å². The summed E-state index contributed by atoms with van der Waals surface area (Å²) in [6, 6.07) is 6.41. The van der Waals surface area contributed by atoms with E-state index >= 15 is 0 Å². The van der Waals surface area contributed by atoms with Crippen molar-refractivity contribution in [1.29, 1.82) is 0 Å². The van der Waals surface area contributed by atoms with Crippen LogP contribution in [0, 0.1) is 0 Å². The van der Waals surface area contributed by atoms with E-state index in [-0.39, 0.29) is 17.2 Å². The van der Waals surface area contributed by atoms with Gasteiger partial charge in [-0.05, 0) is 12.1 Å². The van der Waals surface area contributed by atoms with Gasteiger partial charge in [-0.25, -0.2) is 4.98 Å². The molecule has 0 radical (unpaired) electrons. The fraction of sp³-hybridized carbons (Fsp3) is 0. The van der Waals surface area contributed by atoms with Crippen molar-refractivity contribution in [3.05, 3.63) is 48.5 Å². The van der Waals surface area contributed by atoms with Gasteiger partial charge in [-0.1, -0.05) is 12.1 Å². The lowest BCUT2D eigenvalue weighted by Gasteiger charge is -2.02. The van der Waals surface area contributed by atoms with Crippen molar-refractivity contribution < 1.29 is 9.90 Å². The summed E-state index contributed by atoms with van der Waals surface area (Å²) in [5.41, 5.74) is 0.269. The molecule has 2 rings (SSSR count). The molecule has 1 aromatic carbocycles. The van der Waals surface area contributed by atoms with Crippen LogP contribution in [-0.4, -0.2) is 20.6 Å². The average Bonchev–Trinajstić information content (AvgIpc) is 2.70. The Morgan fingerprint density at radius 2 is 2.14 bits per heavy atom. The molecule has 1 N–H and O–H groups in total. The van der Waals surface area contributed by atoms with E-state index in [1.165, 1.54) is 29.4 Å². The lowest BCUT2D eigenvalue weighted by atomic mass is 10.2. The number of nitrogens with zero attached hydrogens (tertiary/aromatic N) is 2. The molecule has 1 heterocycles. The zero-order chi connectivity index (χ0) is 9.97. The zero-order valence-corrected chi connectivity index (χ0v) is 7.29. The van der Waals surface area contributed by atoms with Gasteiger partial charge >= 0.3 is 0 Å². The van der Waals surface area contributed by atoms with Crippen LogP contribution in [0.2, 0.25) is 0 Å². The Kier molecular flexibility index (Phi) is 2.02. The molecule has 0 saturated carbocycles. The molecule has 0 aliphatic heterocycles. The number of imidazole rings is 1. The Labute approximate surface area is 80.4 Å². The molecular weight excluding hydrogens is 180 g/mol. The number of aromatic hydroxyl groups is 1. The molecule has 0 amide bonds. The number of benzene rings is 1. The van der Waals surface area contributed by atoms with Gasteiger partial charge in [0.15, 0.2) is 0 Å². The SMILES string of the molecule is O=C(c1ccccc1O)n1ccnc1. The van der Waals surface area contributed by atoms with E-state index < -0.39 is 0 Å². The number of rotatable bonds is 1. The summed E-state index contributed by atoms with van der Waals surface area (Å²) in [5.74, 6) is -0.313. The van der Waals surface area contributed by atoms with Crippen LogP contribution in [-0.2, 0) is 0 Å². The highest BCUT2D eigenvalue weighted by Crippen LogP contribution is 2.16. The molecule has 2 aromatic rings. The third-order valence-electron chi connectivity index (χ3n) is 1.87. The largest absolute Gasteiger partial charge is 0.507 e. The van der Waals surface area contributed by atoms with Crippen LogP contribution in [0.25, 0.3) is 0 Å². The maximum Gasteiger partial charge on any atom is 0.266 e. The lowest BCUT2D eigenvalue weighted by molar-refractivity contribution is 0.0957. The molecule has 0 bridgehead atoms. The van der Waals surface area contributed by atoms with E-state index in [9.17, 15) is 9.90 Å². The van der Waals surface area contributed by atoms with E-state index in [0.717, 1.165) is 0 Å². The van der Waals surface area contributed by atoms with Crippen molar-refractivity contribution in [2.75, 3.05) is 0 Å². The molecule has 0 spiro atoms. The van der Waals surface area contributed by atoms with Crippen molar-refractivity contribution in [2.24, 2.45) is 0 Å². The van der Waals surface area contributed by atoms with Crippen molar-refractivity contribution in [1.82, 2.24) is 9.55 Å². The van der Waals surface area contributed by atoms with Gasteiger partial charge in [0.1, 0.15) is 12.1 Å². The standard InChI is InChI=1S/C10H8N2O2/c13-9-4-2-1-3-8(9)10(14)12-6-5-11-7-12/h1-7,13H. The molecule has 0 saturated heterocycles. The van der Waals surface area contributed by atoms with Crippen molar-refractivity contribution in [3.63, 3.8) is 0 Å². The number of carbonyl (C=O) groups is 1. The fourth-order valence-corrected chi connectivity index (χ4v) is 1.17. The summed E-state index contributed by atoms with van der Waals surface area (Å²) >= 11 is 0. The summed E-state index contributed by atoms with van der Waals surface area (Å²) in [5, 5.41) is 9.43. The van der Waals surface area contributed by atoms with Crippen LogP contribution in [0.5, 0.6) is 5.75 Å². The van der Waals surface area contributed by atoms with Crippen LogP contribution in [0.1, 0.15) is 10.4 Å². The first-order valence-corrected chi connectivity index (χ1v) is 4.09. The molecular formula is C10H8N2O2. The number of phenols is 1. The van der Waals surface area contributed by atoms with E-state index in [1.807, 2.05) is 0 Å². The minimum atomic E-state index is -0.291. The zero-order valence-electron chi connectivity index (χ0n) is 7.29. The summed E-state index contributed by atoms with van der Waals surface area (Å²) in [6.07, 6.45) is 4.45. The normalized spacial score (nSPS) is 10.0. The number of hydrogen-bond donors (Lipinski definition) is 1. The Hall–Kier alpha value is -2.10. The second-order valence-corrected chi connectivity index (χ2v) is 2.79. The van der Waals surface area contributed by atoms with Crippen LogP contribution >= 0.6 is 0 Å². The molecule has 0 aliphatic carbocycles. The van der Waals surface area contributed by atoms with Gasteiger partial charge < -0.3 is 5.11 Å². The lowest BCUT2D eigenvalue weighted by Crippen LogP contribution is -2.09. The number of para-hydroxylation sites is 1. The maximum atomic E-state index is 11.7. The minimum absolute atomic E-state index is 0.0220. The third-order valence-corrected chi connectivity index (χ3v) is 1.87. The quantitative estimate of drug-likeness (QED) is 0.733. The van der Waals surface area contributed by atoms with Gasteiger partial charge in [-0.15, -0.1) is 0 Å². The van der Waals surface area contributed by atoms with E-state index in [0.29, 0.717) is 0 Å². The second-order valence-electron chi connectivity index (χ2n) is 2.79. The molecule has 0 atom stereocenters. The summed E-state index contributed by atoms with van der Waals surface area (Å²) < 4.78 is 1.31. The van der Waals surface area contributed by atoms with Crippen LogP contribution in [0.15, 0.2) is 43.0 Å². The second kappa shape index (κ2) is 3.33. The van der Waals surface area contributed by atoms with Gasteiger partial charge in [0.05, 0.1) is 5.56 Å². The van der Waals surface area contributed by atoms with Gasteiger partial charge in [0.2, 0.25) is 0 Å². The molecule has 4 nitrogen and oxygen atoms in total. The Bertz CT molecular complexity index is 449. The smallest absolute Gasteiger partial charge is 0.266 e.